The molecule has 0 heterocycles. The summed E-state index contributed by atoms with van der Waals surface area (Å²) in [5.41, 5.74) is 0. The van der Waals surface area contributed by atoms with E-state index in [0.29, 0.717) is 0 Å². The Morgan fingerprint density at radius 2 is 1.21 bits per heavy atom. The van der Waals surface area contributed by atoms with Gasteiger partial charge in [-0.1, -0.05) is 58.3 Å². The monoisotopic (exact) mass is 199 g/mol. The molecule has 0 N–H and O–H groups in total. The normalized spacial score (nSPS) is 10.4. The third kappa shape index (κ3) is 11.5. The maximum Gasteiger partial charge on any atom is 0.355 e. The zero-order chi connectivity index (χ0) is 10.6. The van der Waals surface area contributed by atoms with E-state index < -0.39 is 5.97 Å². The molecular weight excluding hydrogens is 176 g/mol. The van der Waals surface area contributed by atoms with Crippen LogP contribution in [0.4, 0.5) is 0 Å². The molecule has 14 heavy (non-hydrogen) atoms. The molecule has 0 atom stereocenters. The minimum Gasteiger partial charge on any atom is -0.247 e. The number of carbonyl (C=O) groups is 1. The predicted octanol–water partition coefficient (Wildman–Crippen LogP) is 3.86. The molecule has 0 fully saturated rings. The van der Waals surface area contributed by atoms with Crippen molar-refractivity contribution in [2.75, 3.05) is 0 Å². The highest BCUT2D eigenvalue weighted by molar-refractivity contribution is 5.66. The lowest BCUT2D eigenvalue weighted by molar-refractivity contribution is -0.143. The van der Waals surface area contributed by atoms with Gasteiger partial charge in [0.15, 0.2) is 0 Å². The van der Waals surface area contributed by atoms with Crippen LogP contribution in [-0.4, -0.2) is 5.97 Å². The zero-order valence-electron chi connectivity index (χ0n) is 9.39. The molecule has 2 heteroatoms. The Bertz CT molecular complexity index is 132. The number of rotatable bonds is 10. The number of unbranched alkanes of at least 4 members (excludes halogenated alkanes) is 8. The Kier molecular flexibility index (Phi) is 10.2. The van der Waals surface area contributed by atoms with Crippen LogP contribution in [0.1, 0.15) is 71.1 Å². The van der Waals surface area contributed by atoms with E-state index in [4.69, 9.17) is 0 Å². The maximum absolute atomic E-state index is 10.1. The summed E-state index contributed by atoms with van der Waals surface area (Å²) >= 11 is 0. The van der Waals surface area contributed by atoms with E-state index in [1.165, 1.54) is 44.9 Å². The zero-order valence-corrected chi connectivity index (χ0v) is 9.39. The molecule has 0 aromatic heterocycles. The minimum atomic E-state index is -0.909. The van der Waals surface area contributed by atoms with Crippen molar-refractivity contribution in [3.05, 3.63) is 0 Å². The lowest BCUT2D eigenvalue weighted by Gasteiger charge is -2.00. The van der Waals surface area contributed by atoms with E-state index in [2.05, 4.69) is 6.92 Å². The highest BCUT2D eigenvalue weighted by Crippen LogP contribution is 2.10. The Labute approximate surface area is 87.7 Å². The number of carbonyl (C=O) groups excluding carboxylic acids is 1. The highest BCUT2D eigenvalue weighted by Gasteiger charge is 1.98. The van der Waals surface area contributed by atoms with E-state index in [9.17, 15) is 9.90 Å². The third-order valence-electron chi connectivity index (χ3n) is 2.48. The van der Waals surface area contributed by atoms with Gasteiger partial charge in [0, 0.05) is 0 Å². The minimum absolute atomic E-state index is 0.232. The molecule has 0 saturated heterocycles. The summed E-state index contributed by atoms with van der Waals surface area (Å²) in [5, 5.41) is 10.1. The fourth-order valence-corrected chi connectivity index (χ4v) is 1.58. The van der Waals surface area contributed by atoms with Gasteiger partial charge in [-0.15, -0.1) is 0 Å². The van der Waals surface area contributed by atoms with Crippen LogP contribution >= 0.6 is 0 Å². The Morgan fingerprint density at radius 1 is 0.786 bits per heavy atom. The molecule has 0 aliphatic carbocycles. The standard InChI is InChI=1S/C12H23O2/c1-2-3-4-5-6-7-8-9-10-11-12(13)14/h2-11H2,1H3. The van der Waals surface area contributed by atoms with Crippen molar-refractivity contribution < 1.29 is 9.90 Å². The summed E-state index contributed by atoms with van der Waals surface area (Å²) in [6.45, 7) is 2.22. The van der Waals surface area contributed by atoms with Gasteiger partial charge in [0.1, 0.15) is 0 Å². The van der Waals surface area contributed by atoms with Crippen molar-refractivity contribution in [2.24, 2.45) is 0 Å². The summed E-state index contributed by atoms with van der Waals surface area (Å²) in [5.74, 6) is -0.909. The van der Waals surface area contributed by atoms with Crippen LogP contribution in [0.15, 0.2) is 0 Å². The SMILES string of the molecule is CCCCCCCCCCCC([O])=O. The van der Waals surface area contributed by atoms with Crippen molar-refractivity contribution in [2.45, 2.75) is 71.1 Å². The van der Waals surface area contributed by atoms with Gasteiger partial charge < -0.3 is 0 Å². The molecule has 0 rings (SSSR count). The first-order valence-electron chi connectivity index (χ1n) is 5.97. The quantitative estimate of drug-likeness (QED) is 0.492. The molecule has 0 spiro atoms. The second kappa shape index (κ2) is 10.6. The molecule has 0 aromatic carbocycles. The van der Waals surface area contributed by atoms with E-state index in [1.807, 2.05) is 0 Å². The molecular formula is C12H23O2. The van der Waals surface area contributed by atoms with Crippen LogP contribution in [0.2, 0.25) is 0 Å². The number of hydrogen-bond acceptors (Lipinski definition) is 1. The van der Waals surface area contributed by atoms with E-state index in [1.54, 1.807) is 0 Å². The first-order chi connectivity index (χ1) is 6.77. The first-order valence-corrected chi connectivity index (χ1v) is 5.97. The molecule has 83 valence electrons. The van der Waals surface area contributed by atoms with Crippen LogP contribution in [0.5, 0.6) is 0 Å². The Morgan fingerprint density at radius 3 is 1.64 bits per heavy atom. The second-order valence-corrected chi connectivity index (χ2v) is 3.95. The van der Waals surface area contributed by atoms with Crippen LogP contribution < -0.4 is 0 Å². The van der Waals surface area contributed by atoms with Gasteiger partial charge in [-0.3, -0.25) is 0 Å². The molecule has 0 aliphatic heterocycles. The maximum atomic E-state index is 10.1. The van der Waals surface area contributed by atoms with E-state index >= 15 is 0 Å². The van der Waals surface area contributed by atoms with Crippen molar-refractivity contribution in [3.8, 4) is 0 Å². The summed E-state index contributed by atoms with van der Waals surface area (Å²) in [6, 6.07) is 0. The Hall–Kier alpha value is -0.530. The van der Waals surface area contributed by atoms with Gasteiger partial charge in [0.2, 0.25) is 0 Å². The molecule has 1 radical (unpaired) electrons. The second-order valence-electron chi connectivity index (χ2n) is 3.95. The van der Waals surface area contributed by atoms with E-state index in [0.717, 1.165) is 12.8 Å². The number of hydrogen-bond donors (Lipinski definition) is 0. The largest absolute Gasteiger partial charge is 0.355 e. The smallest absolute Gasteiger partial charge is 0.247 e. The fraction of sp³-hybridized carbons (Fsp3) is 0.917. The molecule has 0 unspecified atom stereocenters. The topological polar surface area (TPSA) is 37.0 Å². The van der Waals surface area contributed by atoms with Crippen LogP contribution in [0.25, 0.3) is 0 Å². The van der Waals surface area contributed by atoms with Gasteiger partial charge in [-0.2, -0.15) is 0 Å². The lowest BCUT2D eigenvalue weighted by Crippen LogP contribution is -1.91. The Balaban J connectivity index is 2.88. The van der Waals surface area contributed by atoms with E-state index in [-0.39, 0.29) is 6.42 Å². The summed E-state index contributed by atoms with van der Waals surface area (Å²) in [4.78, 5) is 10.1. The molecule has 0 aromatic rings. The van der Waals surface area contributed by atoms with Gasteiger partial charge in [0.25, 0.3) is 0 Å². The predicted molar refractivity (Wildman–Crippen MR) is 57.5 cm³/mol. The summed E-state index contributed by atoms with van der Waals surface area (Å²) in [6.07, 6.45) is 11.2. The lowest BCUT2D eigenvalue weighted by atomic mass is 10.1. The van der Waals surface area contributed by atoms with Crippen molar-refractivity contribution >= 4 is 5.97 Å². The van der Waals surface area contributed by atoms with Crippen LogP contribution in [-0.2, 0) is 9.90 Å². The molecule has 0 saturated carbocycles. The van der Waals surface area contributed by atoms with Gasteiger partial charge in [-0.05, 0) is 6.42 Å². The average Bonchev–Trinajstić information content (AvgIpc) is 2.15. The van der Waals surface area contributed by atoms with Gasteiger partial charge in [-0.25, -0.2) is 9.90 Å². The molecule has 2 nitrogen and oxygen atoms in total. The summed E-state index contributed by atoms with van der Waals surface area (Å²) < 4.78 is 0. The third-order valence-corrected chi connectivity index (χ3v) is 2.48. The average molecular weight is 199 g/mol. The first kappa shape index (κ1) is 13.5. The highest BCUT2D eigenvalue weighted by atomic mass is 16.4. The van der Waals surface area contributed by atoms with Crippen LogP contribution in [0, 0.1) is 0 Å². The molecule has 0 bridgehead atoms. The van der Waals surface area contributed by atoms with Gasteiger partial charge in [0.05, 0.1) is 6.42 Å². The van der Waals surface area contributed by atoms with Crippen molar-refractivity contribution in [3.63, 3.8) is 0 Å². The van der Waals surface area contributed by atoms with Crippen molar-refractivity contribution in [1.29, 1.82) is 0 Å². The van der Waals surface area contributed by atoms with Crippen LogP contribution in [0.3, 0.4) is 0 Å². The molecule has 0 aliphatic rings. The van der Waals surface area contributed by atoms with Crippen molar-refractivity contribution in [1.82, 2.24) is 0 Å². The summed E-state index contributed by atoms with van der Waals surface area (Å²) in [7, 11) is 0. The molecule has 0 amide bonds. The fourth-order valence-electron chi connectivity index (χ4n) is 1.58. The van der Waals surface area contributed by atoms with Gasteiger partial charge >= 0.3 is 5.97 Å².